The van der Waals surface area contributed by atoms with E-state index in [0.29, 0.717) is 5.56 Å². The fourth-order valence-electron chi connectivity index (χ4n) is 2.09. The minimum atomic E-state index is -4.47. The fourth-order valence-corrected chi connectivity index (χ4v) is 5.02. The molecule has 23 heavy (non-hydrogen) atoms. The van der Waals surface area contributed by atoms with Gasteiger partial charge in [-0.1, -0.05) is 57.2 Å². The number of hydrogen-bond acceptors (Lipinski definition) is 5. The highest BCUT2D eigenvalue weighted by Gasteiger charge is 2.31. The van der Waals surface area contributed by atoms with Gasteiger partial charge in [0.2, 0.25) is 0 Å². The normalized spacial score (nSPS) is 13.0. The predicted octanol–water partition coefficient (Wildman–Crippen LogP) is 3.08. The second-order valence-corrected chi connectivity index (χ2v) is 9.31. The Morgan fingerprint density at radius 1 is 0.739 bits per heavy atom. The summed E-state index contributed by atoms with van der Waals surface area (Å²) in [5, 5.41) is 0. The molecule has 0 saturated carbocycles. The highest BCUT2D eigenvalue weighted by molar-refractivity contribution is 8.00. The van der Waals surface area contributed by atoms with Crippen molar-refractivity contribution < 1.29 is 20.5 Å². The largest absolute Gasteiger partial charge is 0.312 e. The Morgan fingerprint density at radius 2 is 1.26 bits per heavy atom. The molecule has 0 aliphatic heterocycles. The quantitative estimate of drug-likeness (QED) is 0.843. The zero-order valence-electron chi connectivity index (χ0n) is 13.1. The van der Waals surface area contributed by atoms with E-state index in [1.165, 1.54) is 36.4 Å². The summed E-state index contributed by atoms with van der Waals surface area (Å²) >= 11 is 0. The molecule has 0 bridgehead atoms. The third-order valence-electron chi connectivity index (χ3n) is 3.18. The first-order valence-electron chi connectivity index (χ1n) is 6.90. The van der Waals surface area contributed by atoms with Crippen LogP contribution in [0.4, 0.5) is 0 Å². The molecule has 2 aromatic rings. The molecule has 0 aliphatic rings. The molecule has 0 amide bonds. The Bertz CT molecular complexity index is 893. The van der Waals surface area contributed by atoms with Crippen molar-refractivity contribution in [3.8, 4) is 0 Å². The Balaban J connectivity index is 2.50. The van der Waals surface area contributed by atoms with Crippen LogP contribution >= 0.6 is 0 Å². The maximum absolute atomic E-state index is 12.5. The summed E-state index contributed by atoms with van der Waals surface area (Å²) in [7, 11) is -8.88. The van der Waals surface area contributed by atoms with Crippen molar-refractivity contribution in [1.29, 1.82) is 0 Å². The molecule has 5 nitrogen and oxygen atoms in total. The van der Waals surface area contributed by atoms with Crippen LogP contribution in [0, 0.1) is 0 Å². The number of hydrogen-bond donors (Lipinski definition) is 0. The highest BCUT2D eigenvalue weighted by atomic mass is 32.3. The van der Waals surface area contributed by atoms with Gasteiger partial charge in [-0.05, 0) is 29.2 Å². The molecule has 0 atom stereocenters. The van der Waals surface area contributed by atoms with Crippen molar-refractivity contribution in [1.82, 2.24) is 0 Å². The maximum Gasteiger partial charge on any atom is 0.312 e. The van der Waals surface area contributed by atoms with Crippen LogP contribution in [0.3, 0.4) is 0 Å². The van der Waals surface area contributed by atoms with E-state index in [1.807, 2.05) is 20.8 Å². The van der Waals surface area contributed by atoms with E-state index in [1.54, 1.807) is 18.2 Å². The van der Waals surface area contributed by atoms with E-state index >= 15 is 0 Å². The van der Waals surface area contributed by atoms with Gasteiger partial charge in [0.25, 0.3) is 0 Å². The van der Waals surface area contributed by atoms with Crippen molar-refractivity contribution in [3.63, 3.8) is 0 Å². The molecule has 0 unspecified atom stereocenters. The van der Waals surface area contributed by atoms with Crippen molar-refractivity contribution >= 4 is 20.2 Å². The van der Waals surface area contributed by atoms with Crippen LogP contribution in [0.5, 0.6) is 0 Å². The molecule has 0 saturated heterocycles. The molecule has 2 aromatic carbocycles. The molecule has 0 N–H and O–H groups in total. The van der Waals surface area contributed by atoms with Gasteiger partial charge in [0.1, 0.15) is 0 Å². The average Bonchev–Trinajstić information content (AvgIpc) is 2.46. The fraction of sp³-hybridized carbons (Fsp3) is 0.250. The summed E-state index contributed by atoms with van der Waals surface area (Å²) in [5.41, 5.74) is 0.00652. The minimum absolute atomic E-state index is 0.146. The van der Waals surface area contributed by atoms with E-state index in [4.69, 9.17) is 0 Å². The van der Waals surface area contributed by atoms with Crippen LogP contribution in [0.15, 0.2) is 64.4 Å². The Morgan fingerprint density at radius 3 is 1.83 bits per heavy atom. The first-order valence-corrected chi connectivity index (χ1v) is 9.71. The zero-order chi connectivity index (χ0) is 17.3. The van der Waals surface area contributed by atoms with E-state index in [0.717, 1.165) is 0 Å². The maximum atomic E-state index is 12.5. The van der Waals surface area contributed by atoms with Crippen LogP contribution < -0.4 is 0 Å². The van der Waals surface area contributed by atoms with Gasteiger partial charge in [-0.3, -0.25) is 0 Å². The van der Waals surface area contributed by atoms with Gasteiger partial charge in [-0.15, -0.1) is 3.63 Å². The first kappa shape index (κ1) is 17.7. The smallest absolute Gasteiger partial charge is 0.193 e. The Kier molecular flexibility index (Phi) is 4.66. The Hall–Kier alpha value is -1.70. The van der Waals surface area contributed by atoms with Gasteiger partial charge in [0.05, 0.1) is 9.79 Å². The molecule has 124 valence electrons. The van der Waals surface area contributed by atoms with Crippen molar-refractivity contribution in [3.05, 3.63) is 60.2 Å². The van der Waals surface area contributed by atoms with Crippen LogP contribution in [0.25, 0.3) is 0 Å². The topological polar surface area (TPSA) is 77.5 Å². The highest BCUT2D eigenvalue weighted by Crippen LogP contribution is 2.31. The van der Waals surface area contributed by atoms with Gasteiger partial charge in [-0.25, -0.2) is 0 Å². The molecule has 7 heteroatoms. The van der Waals surface area contributed by atoms with Crippen LogP contribution in [0.2, 0.25) is 0 Å². The monoisotopic (exact) mass is 354 g/mol. The standard InChI is InChI=1S/C16H18O5S2/c1-16(2,3)14-11-7-8-12-15(14)23(19,20)21-22(17,18)13-9-5-4-6-10-13/h4-12H,1-3H3. The van der Waals surface area contributed by atoms with E-state index < -0.39 is 25.7 Å². The number of benzene rings is 2. The third kappa shape index (κ3) is 3.99. The van der Waals surface area contributed by atoms with Gasteiger partial charge in [0, 0.05) is 0 Å². The van der Waals surface area contributed by atoms with Crippen molar-refractivity contribution in [2.45, 2.75) is 36.0 Å². The first-order chi connectivity index (χ1) is 10.5. The summed E-state index contributed by atoms with van der Waals surface area (Å²) < 4.78 is 53.9. The van der Waals surface area contributed by atoms with Gasteiger partial charge in [-0.2, -0.15) is 16.8 Å². The number of rotatable bonds is 4. The Labute approximate surface area is 137 Å². The molecular formula is C16H18O5S2. The molecule has 2 rings (SSSR count). The summed E-state index contributed by atoms with van der Waals surface area (Å²) in [4.78, 5) is -0.358. The van der Waals surface area contributed by atoms with Gasteiger partial charge >= 0.3 is 20.2 Å². The summed E-state index contributed by atoms with van der Waals surface area (Å²) in [6.45, 7) is 5.52. The molecule has 0 heterocycles. The van der Waals surface area contributed by atoms with Crippen molar-refractivity contribution in [2.24, 2.45) is 0 Å². The zero-order valence-corrected chi connectivity index (χ0v) is 14.7. The average molecular weight is 354 g/mol. The lowest BCUT2D eigenvalue weighted by atomic mass is 9.87. The van der Waals surface area contributed by atoms with Gasteiger partial charge in [0.15, 0.2) is 0 Å². The lowest BCUT2D eigenvalue weighted by molar-refractivity contribution is 0.458. The van der Waals surface area contributed by atoms with Crippen LogP contribution in [-0.2, 0) is 29.3 Å². The summed E-state index contributed by atoms with van der Waals surface area (Å²) in [6.07, 6.45) is 0. The van der Waals surface area contributed by atoms with Crippen LogP contribution in [0.1, 0.15) is 26.3 Å². The molecule has 0 aromatic heterocycles. The minimum Gasteiger partial charge on any atom is -0.193 e. The summed E-state index contributed by atoms with van der Waals surface area (Å²) in [6, 6.07) is 13.4. The second kappa shape index (κ2) is 6.07. The van der Waals surface area contributed by atoms with Crippen molar-refractivity contribution in [2.75, 3.05) is 0 Å². The van der Waals surface area contributed by atoms with Crippen LogP contribution in [-0.4, -0.2) is 16.8 Å². The third-order valence-corrected chi connectivity index (χ3v) is 6.35. The molecular weight excluding hydrogens is 336 g/mol. The van der Waals surface area contributed by atoms with E-state index in [9.17, 15) is 16.8 Å². The lowest BCUT2D eigenvalue weighted by Gasteiger charge is -2.22. The lowest BCUT2D eigenvalue weighted by Crippen LogP contribution is -2.20. The SMILES string of the molecule is CC(C)(C)c1ccccc1S(=O)(=O)OS(=O)(=O)c1ccccc1. The molecule has 0 aliphatic carbocycles. The predicted molar refractivity (Wildman–Crippen MR) is 87.0 cm³/mol. The second-order valence-electron chi connectivity index (χ2n) is 6.04. The van der Waals surface area contributed by atoms with E-state index in [2.05, 4.69) is 3.63 Å². The summed E-state index contributed by atoms with van der Waals surface area (Å²) in [5.74, 6) is 0. The van der Waals surface area contributed by atoms with Gasteiger partial charge < -0.3 is 0 Å². The molecule has 0 radical (unpaired) electrons. The van der Waals surface area contributed by atoms with E-state index in [-0.39, 0.29) is 9.79 Å². The molecule has 0 spiro atoms. The molecule has 0 fully saturated rings.